The molecule has 1 atom stereocenters. The Labute approximate surface area is 260 Å². The number of nitrogens with zero attached hydrogens (tertiary/aromatic N) is 5. The molecule has 3 fully saturated rings. The van der Waals surface area contributed by atoms with Gasteiger partial charge in [0.15, 0.2) is 6.10 Å². The van der Waals surface area contributed by atoms with Crippen LogP contribution in [0.25, 0.3) is 11.3 Å². The lowest BCUT2D eigenvalue weighted by atomic mass is 9.88. The molecule has 0 saturated carbocycles. The number of rotatable bonds is 9. The summed E-state index contributed by atoms with van der Waals surface area (Å²) in [5.74, 6) is 0.413. The van der Waals surface area contributed by atoms with Crippen LogP contribution < -0.4 is 10.1 Å². The fourth-order valence-corrected chi connectivity index (χ4v) is 6.13. The number of ether oxygens (including phenoxy) is 2. The molecule has 6 rings (SSSR count). The van der Waals surface area contributed by atoms with Crippen molar-refractivity contribution in [3.05, 3.63) is 65.9 Å². The number of nitriles is 1. The van der Waals surface area contributed by atoms with E-state index >= 15 is 0 Å². The molecular formula is C33H36F2N6O4. The number of piperidine rings is 2. The molecule has 3 saturated heterocycles. The first-order valence-electron chi connectivity index (χ1n) is 15.4. The number of aliphatic hydroxyl groups excluding tert-OH is 1. The Kier molecular flexibility index (Phi) is 9.49. The zero-order valence-corrected chi connectivity index (χ0v) is 24.8. The Morgan fingerprint density at radius 3 is 2.42 bits per heavy atom. The molecule has 1 amide bonds. The summed E-state index contributed by atoms with van der Waals surface area (Å²) in [5, 5.41) is 22.5. The van der Waals surface area contributed by atoms with Crippen molar-refractivity contribution < 1.29 is 28.2 Å². The molecule has 2 aromatic carbocycles. The minimum atomic E-state index is -3.12. The molecule has 0 aliphatic carbocycles. The Morgan fingerprint density at radius 2 is 1.78 bits per heavy atom. The molecule has 1 aromatic heterocycles. The number of alkyl halides is 2. The normalized spacial score (nSPS) is 19.1. The maximum absolute atomic E-state index is 12.7. The predicted molar refractivity (Wildman–Crippen MR) is 162 cm³/mol. The van der Waals surface area contributed by atoms with Gasteiger partial charge in [0.05, 0.1) is 30.5 Å². The van der Waals surface area contributed by atoms with Crippen molar-refractivity contribution in [1.82, 2.24) is 19.8 Å². The van der Waals surface area contributed by atoms with Crippen LogP contribution in [-0.2, 0) is 9.53 Å². The van der Waals surface area contributed by atoms with Crippen molar-refractivity contribution in [1.29, 1.82) is 5.26 Å². The summed E-state index contributed by atoms with van der Waals surface area (Å²) in [7, 11) is 0. The number of benzene rings is 2. The average Bonchev–Trinajstić information content (AvgIpc) is 3.04. The highest BCUT2D eigenvalue weighted by molar-refractivity contribution is 5.81. The molecule has 0 spiro atoms. The number of carbonyl (C=O) groups excluding carboxylic acids is 1. The second-order valence-corrected chi connectivity index (χ2v) is 11.8. The van der Waals surface area contributed by atoms with Gasteiger partial charge >= 0.3 is 0 Å². The average molecular weight is 619 g/mol. The van der Waals surface area contributed by atoms with Crippen LogP contribution in [0.3, 0.4) is 0 Å². The summed E-state index contributed by atoms with van der Waals surface area (Å²) in [4.78, 5) is 24.8. The maximum atomic E-state index is 12.7. The molecule has 3 aromatic rings. The fourth-order valence-electron chi connectivity index (χ4n) is 6.13. The minimum absolute atomic E-state index is 0.183. The first-order valence-corrected chi connectivity index (χ1v) is 15.4. The van der Waals surface area contributed by atoms with Crippen molar-refractivity contribution in [2.75, 3.05) is 44.7 Å². The summed E-state index contributed by atoms with van der Waals surface area (Å²) in [6, 6.07) is 18.2. The third-order valence-electron chi connectivity index (χ3n) is 8.89. The molecule has 10 nitrogen and oxygen atoms in total. The summed E-state index contributed by atoms with van der Waals surface area (Å²) in [6.45, 7) is 4.31. The van der Waals surface area contributed by atoms with Gasteiger partial charge in [0.1, 0.15) is 17.9 Å². The van der Waals surface area contributed by atoms with Crippen LogP contribution >= 0.6 is 0 Å². The van der Waals surface area contributed by atoms with E-state index in [2.05, 4.69) is 50.5 Å². The van der Waals surface area contributed by atoms with Crippen LogP contribution in [0.1, 0.15) is 42.7 Å². The highest BCUT2D eigenvalue weighted by atomic mass is 19.3. The number of halogens is 2. The smallest absolute Gasteiger partial charge is 0.273 e. The highest BCUT2D eigenvalue weighted by Crippen LogP contribution is 2.32. The van der Waals surface area contributed by atoms with Crippen molar-refractivity contribution in [3.8, 4) is 23.1 Å². The van der Waals surface area contributed by atoms with Crippen LogP contribution in [0, 0.1) is 11.3 Å². The second kappa shape index (κ2) is 13.9. The van der Waals surface area contributed by atoms with Gasteiger partial charge in [-0.25, -0.2) is 18.7 Å². The Bertz CT molecular complexity index is 1510. The molecule has 2 N–H and O–H groups in total. The largest absolute Gasteiger partial charge is 0.489 e. The summed E-state index contributed by atoms with van der Waals surface area (Å²) < 4.78 is 36.8. The number of aliphatic hydroxyl groups is 1. The first-order chi connectivity index (χ1) is 21.9. The van der Waals surface area contributed by atoms with Crippen LogP contribution in [0.4, 0.5) is 20.4 Å². The lowest BCUT2D eigenvalue weighted by Crippen LogP contribution is -2.51. The molecule has 3 aliphatic heterocycles. The van der Waals surface area contributed by atoms with Crippen LogP contribution in [0.15, 0.2) is 54.7 Å². The zero-order chi connectivity index (χ0) is 31.3. The van der Waals surface area contributed by atoms with E-state index in [-0.39, 0.29) is 19.2 Å². The predicted octanol–water partition coefficient (Wildman–Crippen LogP) is 4.33. The molecule has 3 aliphatic rings. The quantitative estimate of drug-likeness (QED) is 0.361. The second-order valence-electron chi connectivity index (χ2n) is 11.8. The molecule has 0 unspecified atom stereocenters. The Morgan fingerprint density at radius 1 is 1.04 bits per heavy atom. The van der Waals surface area contributed by atoms with Gasteiger partial charge in [0.25, 0.3) is 12.3 Å². The standard InChI is InChI=1S/C33H36F2N6O4/c34-31(35)30(42)32(43)41-15-10-27(11-16-41)45-29-6-3-23(17-24(29)18-36)28-7-12-37-33(39-28)38-25-4-1-21(2-5-25)22-8-13-40(14-9-22)26-19-44-20-26/h1-7,12,17,22,26-27,30-31,42H,8-11,13-16,19-20H2,(H,37,38,39)/t30-/m1/s1. The third kappa shape index (κ3) is 7.22. The molecule has 0 bridgehead atoms. The van der Waals surface area contributed by atoms with Crippen LogP contribution in [0.2, 0.25) is 0 Å². The summed E-state index contributed by atoms with van der Waals surface area (Å²) in [5.41, 5.74) is 3.92. The number of likely N-dealkylation sites (tertiary alicyclic amines) is 2. The monoisotopic (exact) mass is 618 g/mol. The van der Waals surface area contributed by atoms with E-state index in [0.717, 1.165) is 50.4 Å². The van der Waals surface area contributed by atoms with E-state index in [9.17, 15) is 23.9 Å². The minimum Gasteiger partial charge on any atom is -0.489 e. The number of amides is 1. The third-order valence-corrected chi connectivity index (χ3v) is 8.89. The topological polar surface area (TPSA) is 124 Å². The first kappa shape index (κ1) is 30.8. The summed E-state index contributed by atoms with van der Waals surface area (Å²) in [6.07, 6.45) is -0.983. The lowest BCUT2D eigenvalue weighted by Gasteiger charge is -2.41. The van der Waals surface area contributed by atoms with Gasteiger partial charge < -0.3 is 24.8 Å². The molecular weight excluding hydrogens is 582 g/mol. The Hall–Kier alpha value is -4.18. The van der Waals surface area contributed by atoms with Gasteiger partial charge in [0.2, 0.25) is 5.95 Å². The molecule has 12 heteroatoms. The van der Waals surface area contributed by atoms with Crippen molar-refractivity contribution in [2.45, 2.75) is 56.3 Å². The molecule has 45 heavy (non-hydrogen) atoms. The van der Waals surface area contributed by atoms with E-state index in [1.54, 1.807) is 24.4 Å². The Balaban J connectivity index is 1.05. The van der Waals surface area contributed by atoms with Gasteiger partial charge in [-0.3, -0.25) is 9.69 Å². The molecule has 236 valence electrons. The summed E-state index contributed by atoms with van der Waals surface area (Å²) >= 11 is 0. The number of hydrogen-bond acceptors (Lipinski definition) is 9. The van der Waals surface area contributed by atoms with Gasteiger partial charge in [0, 0.05) is 43.4 Å². The number of anilines is 2. The van der Waals surface area contributed by atoms with Gasteiger partial charge in [-0.05, 0) is 73.8 Å². The van der Waals surface area contributed by atoms with E-state index in [0.29, 0.717) is 47.8 Å². The molecule has 4 heterocycles. The van der Waals surface area contributed by atoms with E-state index in [1.807, 2.05) is 6.07 Å². The van der Waals surface area contributed by atoms with Gasteiger partial charge in [-0.2, -0.15) is 5.26 Å². The number of nitrogens with one attached hydrogen (secondary N) is 1. The number of aromatic nitrogens is 2. The van der Waals surface area contributed by atoms with E-state index < -0.39 is 18.4 Å². The highest BCUT2D eigenvalue weighted by Gasteiger charge is 2.33. The number of hydrogen-bond donors (Lipinski definition) is 2. The van der Waals surface area contributed by atoms with Gasteiger partial charge in [-0.1, -0.05) is 12.1 Å². The maximum Gasteiger partial charge on any atom is 0.273 e. The van der Waals surface area contributed by atoms with Crippen LogP contribution in [0.5, 0.6) is 5.75 Å². The zero-order valence-electron chi connectivity index (χ0n) is 24.8. The van der Waals surface area contributed by atoms with Crippen molar-refractivity contribution >= 4 is 17.5 Å². The lowest BCUT2D eigenvalue weighted by molar-refractivity contribution is -0.150. The van der Waals surface area contributed by atoms with E-state index in [1.165, 1.54) is 10.5 Å². The van der Waals surface area contributed by atoms with Crippen molar-refractivity contribution in [3.63, 3.8) is 0 Å². The van der Waals surface area contributed by atoms with Gasteiger partial charge in [-0.15, -0.1) is 0 Å². The van der Waals surface area contributed by atoms with Crippen LogP contribution in [-0.4, -0.2) is 94.8 Å². The van der Waals surface area contributed by atoms with Crippen molar-refractivity contribution in [2.24, 2.45) is 0 Å². The molecule has 0 radical (unpaired) electrons. The SMILES string of the molecule is N#Cc1cc(-c2ccnc(Nc3ccc(C4CCN(C5COC5)CC4)cc3)n2)ccc1OC1CCN(C(=O)[C@H](O)C(F)F)CC1. The fraction of sp³-hybridized carbons (Fsp3) is 0.455. The number of carbonyl (C=O) groups is 1. The van der Waals surface area contributed by atoms with E-state index in [4.69, 9.17) is 9.47 Å².